The van der Waals surface area contributed by atoms with E-state index in [-0.39, 0.29) is 5.91 Å². The van der Waals surface area contributed by atoms with Crippen molar-refractivity contribution in [1.82, 2.24) is 0 Å². The third-order valence-corrected chi connectivity index (χ3v) is 4.12. The number of carbonyl (C=O) groups excluding carboxylic acids is 1. The number of benzene rings is 2. The van der Waals surface area contributed by atoms with Gasteiger partial charge in [0.25, 0.3) is 5.91 Å². The Labute approximate surface area is 152 Å². The van der Waals surface area contributed by atoms with E-state index in [0.717, 1.165) is 5.75 Å². The number of hydrogen-bond acceptors (Lipinski definition) is 5. The predicted molar refractivity (Wildman–Crippen MR) is 102 cm³/mol. The maximum atomic E-state index is 12.4. The summed E-state index contributed by atoms with van der Waals surface area (Å²) in [7, 11) is 3.19. The molecule has 0 radical (unpaired) electrons. The molecule has 2 rings (SSSR count). The molecular formula is C19H23NO4S. The quantitative estimate of drug-likeness (QED) is 0.688. The van der Waals surface area contributed by atoms with Crippen LogP contribution in [0.25, 0.3) is 0 Å². The molecule has 1 N–H and O–H groups in total. The summed E-state index contributed by atoms with van der Waals surface area (Å²) in [5.74, 6) is 1.94. The van der Waals surface area contributed by atoms with Gasteiger partial charge < -0.3 is 19.5 Å². The van der Waals surface area contributed by atoms with Gasteiger partial charge in [-0.3, -0.25) is 4.79 Å². The summed E-state index contributed by atoms with van der Waals surface area (Å²) < 4.78 is 15.9. The van der Waals surface area contributed by atoms with Gasteiger partial charge in [0.2, 0.25) is 0 Å². The molecule has 0 aliphatic carbocycles. The topological polar surface area (TPSA) is 56.8 Å². The lowest BCUT2D eigenvalue weighted by Gasteiger charge is -2.13. The SMILES string of the molecule is COCCOc1cc(NC(=O)c2ccc(CSC)cc2)ccc1OC. The molecule has 134 valence electrons. The average molecular weight is 361 g/mol. The predicted octanol–water partition coefficient (Wildman–Crippen LogP) is 3.84. The molecule has 0 unspecified atom stereocenters. The Morgan fingerprint density at radius 3 is 2.44 bits per heavy atom. The van der Waals surface area contributed by atoms with Gasteiger partial charge in [0.1, 0.15) is 6.61 Å². The van der Waals surface area contributed by atoms with Crippen LogP contribution >= 0.6 is 11.8 Å². The fourth-order valence-electron chi connectivity index (χ4n) is 2.22. The molecule has 2 aromatic rings. The van der Waals surface area contributed by atoms with Gasteiger partial charge in [-0.15, -0.1) is 0 Å². The molecule has 1 amide bonds. The minimum Gasteiger partial charge on any atom is -0.493 e. The molecule has 6 heteroatoms. The van der Waals surface area contributed by atoms with Crippen molar-refractivity contribution < 1.29 is 19.0 Å². The zero-order valence-corrected chi connectivity index (χ0v) is 15.5. The van der Waals surface area contributed by atoms with Crippen molar-refractivity contribution in [2.24, 2.45) is 0 Å². The summed E-state index contributed by atoms with van der Waals surface area (Å²) in [4.78, 5) is 12.4. The van der Waals surface area contributed by atoms with Gasteiger partial charge in [0.05, 0.1) is 13.7 Å². The molecule has 0 spiro atoms. The standard InChI is InChI=1S/C19H23NO4S/c1-22-10-11-24-18-12-16(8-9-17(18)23-2)20-19(21)15-6-4-14(5-7-15)13-25-3/h4-9,12H,10-11,13H2,1-3H3,(H,20,21). The van der Waals surface area contributed by atoms with Crippen molar-refractivity contribution in [2.75, 3.05) is 39.0 Å². The van der Waals surface area contributed by atoms with Gasteiger partial charge in [-0.05, 0) is 36.1 Å². The zero-order chi connectivity index (χ0) is 18.1. The number of ether oxygens (including phenoxy) is 3. The molecular weight excluding hydrogens is 338 g/mol. The van der Waals surface area contributed by atoms with Crippen LogP contribution in [0.1, 0.15) is 15.9 Å². The lowest BCUT2D eigenvalue weighted by molar-refractivity contribution is 0.102. The van der Waals surface area contributed by atoms with Gasteiger partial charge in [0, 0.05) is 30.2 Å². The molecule has 25 heavy (non-hydrogen) atoms. The van der Waals surface area contributed by atoms with Crippen molar-refractivity contribution in [3.63, 3.8) is 0 Å². The smallest absolute Gasteiger partial charge is 0.255 e. The molecule has 0 fully saturated rings. The monoisotopic (exact) mass is 361 g/mol. The van der Waals surface area contributed by atoms with Gasteiger partial charge in [-0.2, -0.15) is 11.8 Å². The van der Waals surface area contributed by atoms with E-state index in [1.54, 1.807) is 44.2 Å². The second-order valence-electron chi connectivity index (χ2n) is 5.29. The molecule has 0 aliphatic rings. The molecule has 0 aliphatic heterocycles. The number of hydrogen-bond donors (Lipinski definition) is 1. The lowest BCUT2D eigenvalue weighted by atomic mass is 10.1. The number of rotatable bonds is 9. The second-order valence-corrected chi connectivity index (χ2v) is 6.16. The number of thioether (sulfide) groups is 1. The molecule has 0 saturated carbocycles. The lowest BCUT2D eigenvalue weighted by Crippen LogP contribution is -2.12. The Morgan fingerprint density at radius 1 is 1.04 bits per heavy atom. The number of carbonyl (C=O) groups is 1. The molecule has 0 saturated heterocycles. The van der Waals surface area contributed by atoms with Crippen LogP contribution in [-0.2, 0) is 10.5 Å². The fraction of sp³-hybridized carbons (Fsp3) is 0.316. The number of nitrogens with one attached hydrogen (secondary N) is 1. The first-order chi connectivity index (χ1) is 12.2. The highest BCUT2D eigenvalue weighted by molar-refractivity contribution is 7.97. The minimum absolute atomic E-state index is 0.163. The van der Waals surface area contributed by atoms with E-state index in [1.807, 2.05) is 24.3 Å². The van der Waals surface area contributed by atoms with Crippen LogP contribution in [0.4, 0.5) is 5.69 Å². The second kappa shape index (κ2) is 9.96. The first-order valence-electron chi connectivity index (χ1n) is 7.87. The minimum atomic E-state index is -0.163. The summed E-state index contributed by atoms with van der Waals surface area (Å²) in [5, 5.41) is 2.88. The molecule has 0 heterocycles. The largest absolute Gasteiger partial charge is 0.493 e. The Kier molecular flexibility index (Phi) is 7.63. The highest BCUT2D eigenvalue weighted by Gasteiger charge is 2.10. The summed E-state index contributed by atoms with van der Waals surface area (Å²) >= 11 is 1.75. The van der Waals surface area contributed by atoms with Crippen molar-refractivity contribution in [2.45, 2.75) is 5.75 Å². The van der Waals surface area contributed by atoms with Gasteiger partial charge in [-0.25, -0.2) is 0 Å². The van der Waals surface area contributed by atoms with Crippen molar-refractivity contribution in [3.8, 4) is 11.5 Å². The van der Waals surface area contributed by atoms with Crippen LogP contribution in [0, 0.1) is 0 Å². The highest BCUT2D eigenvalue weighted by Crippen LogP contribution is 2.30. The summed E-state index contributed by atoms with van der Waals surface area (Å²) in [6, 6.07) is 12.9. The van der Waals surface area contributed by atoms with Crippen LogP contribution in [-0.4, -0.2) is 39.6 Å². The first-order valence-corrected chi connectivity index (χ1v) is 9.26. The van der Waals surface area contributed by atoms with Crippen molar-refractivity contribution in [3.05, 3.63) is 53.6 Å². The van der Waals surface area contributed by atoms with E-state index in [4.69, 9.17) is 14.2 Å². The fourth-order valence-corrected chi connectivity index (χ4v) is 2.75. The summed E-state index contributed by atoms with van der Waals surface area (Å²) in [5.41, 5.74) is 2.45. The average Bonchev–Trinajstić information content (AvgIpc) is 2.63. The Morgan fingerprint density at radius 2 is 1.80 bits per heavy atom. The first kappa shape index (κ1) is 19.1. The van der Waals surface area contributed by atoms with E-state index in [0.29, 0.717) is 36.0 Å². The third-order valence-electron chi connectivity index (χ3n) is 3.49. The summed E-state index contributed by atoms with van der Waals surface area (Å²) in [6.07, 6.45) is 2.05. The zero-order valence-electron chi connectivity index (χ0n) is 14.7. The number of anilines is 1. The van der Waals surface area contributed by atoms with E-state index in [2.05, 4.69) is 11.6 Å². The third kappa shape index (κ3) is 5.69. The molecule has 0 bridgehead atoms. The normalized spacial score (nSPS) is 10.4. The van der Waals surface area contributed by atoms with Crippen molar-refractivity contribution >= 4 is 23.4 Å². The number of amides is 1. The molecule has 0 atom stereocenters. The Balaban J connectivity index is 2.07. The van der Waals surface area contributed by atoms with Gasteiger partial charge in [0.15, 0.2) is 11.5 Å². The van der Waals surface area contributed by atoms with Crippen LogP contribution in [0.15, 0.2) is 42.5 Å². The van der Waals surface area contributed by atoms with E-state index in [9.17, 15) is 4.79 Å². The van der Waals surface area contributed by atoms with E-state index in [1.165, 1.54) is 5.56 Å². The van der Waals surface area contributed by atoms with Crippen LogP contribution in [0.5, 0.6) is 11.5 Å². The molecule has 2 aromatic carbocycles. The molecule has 0 aromatic heterocycles. The van der Waals surface area contributed by atoms with Gasteiger partial charge in [-0.1, -0.05) is 12.1 Å². The van der Waals surface area contributed by atoms with E-state index < -0.39 is 0 Å². The highest BCUT2D eigenvalue weighted by atomic mass is 32.2. The van der Waals surface area contributed by atoms with Crippen LogP contribution in [0.2, 0.25) is 0 Å². The molecule has 5 nitrogen and oxygen atoms in total. The van der Waals surface area contributed by atoms with E-state index >= 15 is 0 Å². The maximum absolute atomic E-state index is 12.4. The van der Waals surface area contributed by atoms with Crippen LogP contribution < -0.4 is 14.8 Å². The Hall–Kier alpha value is -2.18. The summed E-state index contributed by atoms with van der Waals surface area (Å²) in [6.45, 7) is 0.878. The maximum Gasteiger partial charge on any atom is 0.255 e. The van der Waals surface area contributed by atoms with Gasteiger partial charge >= 0.3 is 0 Å². The Bertz CT molecular complexity index is 688. The number of methoxy groups -OCH3 is 2. The van der Waals surface area contributed by atoms with Crippen LogP contribution in [0.3, 0.4) is 0 Å². The van der Waals surface area contributed by atoms with Crippen molar-refractivity contribution in [1.29, 1.82) is 0 Å².